The van der Waals surface area contributed by atoms with Gasteiger partial charge in [-0.25, -0.2) is 22.7 Å². The molecule has 149 heavy (non-hydrogen) atoms. The van der Waals surface area contributed by atoms with Crippen LogP contribution >= 0.6 is 11.8 Å². The third-order valence-electron chi connectivity index (χ3n) is 26.5. The van der Waals surface area contributed by atoms with Crippen molar-refractivity contribution < 1.29 is 115 Å². The van der Waals surface area contributed by atoms with E-state index in [1.54, 1.807) is 85.1 Å². The number of anilines is 1. The van der Waals surface area contributed by atoms with Gasteiger partial charge in [0.25, 0.3) is 30.3 Å². The predicted octanol–water partition coefficient (Wildman–Crippen LogP) is 7.04. The number of carbonyl (C=O) groups excluding carboxylic acids is 13. The number of hydrogen-bond donors (Lipinski definition) is 16. The zero-order valence-corrected chi connectivity index (χ0v) is 90.6. The van der Waals surface area contributed by atoms with Gasteiger partial charge in [0.05, 0.1) is 53.2 Å². The summed E-state index contributed by atoms with van der Waals surface area (Å²) in [4.78, 5) is 181. The van der Waals surface area contributed by atoms with Gasteiger partial charge in [-0.3, -0.25) is 62.5 Å². The van der Waals surface area contributed by atoms with E-state index in [0.717, 1.165) is 62.1 Å². The van der Waals surface area contributed by atoms with Gasteiger partial charge in [0.1, 0.15) is 66.8 Å². The Hall–Kier alpha value is -13.1. The lowest BCUT2D eigenvalue weighted by Crippen LogP contribution is -2.58. The number of benzene rings is 5. The molecule has 5 aromatic rings. The van der Waals surface area contributed by atoms with Gasteiger partial charge < -0.3 is 92.6 Å². The van der Waals surface area contributed by atoms with Gasteiger partial charge in [-0.1, -0.05) is 134 Å². The Morgan fingerprint density at radius 1 is 0.644 bits per heavy atom. The molecule has 0 aromatic heterocycles. The molecule has 16 N–H and O–H groups in total. The quantitative estimate of drug-likeness (QED) is 0.00353. The maximum absolute atomic E-state index is 14.8. The summed E-state index contributed by atoms with van der Waals surface area (Å²) in [5, 5.41) is 40.1. The molecule has 0 radical (unpaired) electrons. The fourth-order valence-corrected chi connectivity index (χ4v) is 22.2. The molecule has 0 saturated carbocycles. The van der Waals surface area contributed by atoms with Crippen molar-refractivity contribution in [3.05, 3.63) is 171 Å². The monoisotopic (exact) mass is 2140 g/mol. The van der Waals surface area contributed by atoms with Crippen molar-refractivity contribution in [2.75, 3.05) is 94.8 Å². The molecule has 1 fully saturated rings. The van der Waals surface area contributed by atoms with E-state index in [-0.39, 0.29) is 110 Å². The normalized spacial score (nSPS) is 16.7. The van der Waals surface area contributed by atoms with Crippen LogP contribution < -0.4 is 78.2 Å². The molecular formula is C104H142N17O24S4+. The number of nitrogens with one attached hydrogen (secondary N) is 14. The summed E-state index contributed by atoms with van der Waals surface area (Å²) >= 11 is 0.941. The molecule has 41 nitrogen and oxygen atoms in total. The van der Waals surface area contributed by atoms with Crippen molar-refractivity contribution in [1.82, 2.24) is 73.4 Å². The molecule has 10 rings (SSSR count). The predicted molar refractivity (Wildman–Crippen MR) is 563 cm³/mol. The van der Waals surface area contributed by atoms with Crippen LogP contribution in [0.2, 0.25) is 0 Å². The molecule has 5 aliphatic rings. The molecule has 6 atom stereocenters. The summed E-state index contributed by atoms with van der Waals surface area (Å²) in [6, 6.07) is 17.5. The highest BCUT2D eigenvalue weighted by molar-refractivity contribution is 8.00. The van der Waals surface area contributed by atoms with E-state index in [1.165, 1.54) is 23.1 Å². The molecule has 810 valence electrons. The maximum Gasteiger partial charge on any atom is 0.407 e. The molecule has 12 amide bonds. The van der Waals surface area contributed by atoms with Gasteiger partial charge in [0.2, 0.25) is 70.7 Å². The minimum atomic E-state index is -4.59. The number of hydrogen-bond acceptors (Lipinski definition) is 25. The Balaban J connectivity index is 0.795. The second kappa shape index (κ2) is 50.9. The van der Waals surface area contributed by atoms with Crippen molar-refractivity contribution in [3.8, 4) is 16.9 Å². The van der Waals surface area contributed by atoms with E-state index in [4.69, 9.17) is 19.6 Å². The van der Waals surface area contributed by atoms with Gasteiger partial charge in [-0.05, 0) is 199 Å². The summed E-state index contributed by atoms with van der Waals surface area (Å²) in [6.45, 7) is 26.4. The zero-order chi connectivity index (χ0) is 110. The number of unbranched alkanes of at least 4 members (excludes halogenated alkanes) is 1. The largest absolute Gasteiger partial charge is 0.492 e. The Kier molecular flexibility index (Phi) is 40.3. The maximum atomic E-state index is 14.8. The molecule has 0 spiro atoms. The van der Waals surface area contributed by atoms with E-state index in [0.29, 0.717) is 78.0 Å². The number of carbonyl (C=O) groups is 13. The number of likely N-dealkylation sites (tertiary alicyclic amines) is 1. The number of allylic oxidation sites excluding steroid dienone is 6. The first-order valence-corrected chi connectivity index (χ1v) is 55.3. The highest BCUT2D eigenvalue weighted by Crippen LogP contribution is 2.49. The van der Waals surface area contributed by atoms with Crippen molar-refractivity contribution in [1.29, 1.82) is 5.41 Å². The molecule has 0 bridgehead atoms. The molecule has 1 aliphatic carbocycles. The number of thioether (sulfide) groups is 1. The van der Waals surface area contributed by atoms with Crippen LogP contribution in [0.5, 0.6) is 5.75 Å². The lowest BCUT2D eigenvalue weighted by atomic mass is 9.81. The van der Waals surface area contributed by atoms with Gasteiger partial charge in [0.15, 0.2) is 12.3 Å². The molecule has 4 aliphatic heterocycles. The number of alkyl carbamates (subject to hydrolysis) is 2. The third kappa shape index (κ3) is 32.0. The van der Waals surface area contributed by atoms with Crippen LogP contribution in [-0.4, -0.2) is 265 Å². The first kappa shape index (κ1) is 118. The molecular weight excluding hydrogens is 2000 g/mol. The van der Waals surface area contributed by atoms with Crippen LogP contribution in [-0.2, 0) is 116 Å². The lowest BCUT2D eigenvalue weighted by molar-refractivity contribution is -0.432. The second-order valence-electron chi connectivity index (χ2n) is 41.4. The molecule has 4 heterocycles. The summed E-state index contributed by atoms with van der Waals surface area (Å²) in [5.41, 5.74) is 8.91. The van der Waals surface area contributed by atoms with Crippen LogP contribution in [0.3, 0.4) is 0 Å². The Morgan fingerprint density at radius 2 is 1.27 bits per heavy atom. The number of fused-ring (bicyclic) bond motifs is 6. The summed E-state index contributed by atoms with van der Waals surface area (Å²) in [7, 11) is -11.5. The first-order valence-electron chi connectivity index (χ1n) is 49.6. The van der Waals surface area contributed by atoms with Gasteiger partial charge >= 0.3 is 12.2 Å². The van der Waals surface area contributed by atoms with E-state index in [2.05, 4.69) is 68.5 Å². The van der Waals surface area contributed by atoms with Crippen LogP contribution in [0.1, 0.15) is 197 Å². The topological polar surface area (TPSA) is 582 Å². The summed E-state index contributed by atoms with van der Waals surface area (Å²) < 4.78 is 117. The Bertz CT molecular complexity index is 6360. The number of rotatable bonds is 48. The van der Waals surface area contributed by atoms with Gasteiger partial charge in [-0.2, -0.15) is 21.4 Å². The standard InChI is InChI=1S/C104H141N17O24S4/c1-61(2)47-78(97(132)121-44-28-35-82(121)95(130)110-52-85(123)113-67(56-122)29-25-26-42-107-100(134)145-101(8,9)10)115-87(125)54-111-96(131)90(62(3)4)117-94(129)77(34-27-43-106-98(105)118-148(138,139)92-64(6)63(5)73-50-102(11,12)60-144-91(73)65(92)7)114-86(124)53-109-93(128)79(116-88(126)55-112-99(133)143-57-74-71-32-23-21-30-69(71)70-31-22-24-33-72(70)74)58-146-59-89(127)108-51-66-38-40-80-75(48-66)103(13,14)83(119(80)17)36-19-18-20-37-84-104(15,16)76-49-68(149(140,141)142)39-41-81(76)120(84)45-46-147(135,136)137/h18-24,30-33,36-41,48-49,56,61-62,67,74,77-79,82,90H,25-29,34-35,42-47,50-55,57-60H2,1-17H3,(H15-,105,106,107,108,109,110,111,112,113,114,115,116,117,118,123,124,125,126,127,128,129,130,131,133,134,135,136,137,140,141,142)/p+1. The van der Waals surface area contributed by atoms with Crippen LogP contribution in [0, 0.1) is 43.4 Å². The van der Waals surface area contributed by atoms with Gasteiger partial charge in [0, 0.05) is 90.4 Å². The number of likely N-dealkylation sites (N-methyl/N-ethyl adjacent to an activating group) is 1. The Morgan fingerprint density at radius 3 is 1.91 bits per heavy atom. The number of amides is 12. The van der Waals surface area contributed by atoms with Crippen LogP contribution in [0.15, 0.2) is 131 Å². The highest BCUT2D eigenvalue weighted by atomic mass is 32.2. The van der Waals surface area contributed by atoms with E-state index < -0.39 is 198 Å². The van der Waals surface area contributed by atoms with Crippen LogP contribution in [0.4, 0.5) is 21.0 Å². The minimum absolute atomic E-state index is 0.0574. The second-order valence-corrected chi connectivity index (χ2v) is 47.0. The van der Waals surface area contributed by atoms with Crippen molar-refractivity contribution in [2.45, 2.75) is 244 Å². The average Bonchev–Trinajstić information content (AvgIpc) is 1.74. The lowest BCUT2D eigenvalue weighted by Gasteiger charge is -2.34. The number of guanidine groups is 1. The van der Waals surface area contributed by atoms with Crippen molar-refractivity contribution in [2.24, 2.45) is 17.3 Å². The number of ether oxygens (including phenoxy) is 3. The number of nitrogens with zero attached hydrogens (tertiary/aromatic N) is 3. The smallest absolute Gasteiger partial charge is 0.407 e. The average molecular weight is 2140 g/mol. The molecule has 45 heteroatoms. The fourth-order valence-electron chi connectivity index (χ4n) is 18.9. The molecule has 5 aromatic carbocycles. The first-order chi connectivity index (χ1) is 69.9. The summed E-state index contributed by atoms with van der Waals surface area (Å²) in [5.74, 6) is -10.5. The molecule has 1 saturated heterocycles. The number of sulfonamides is 1. The van der Waals surface area contributed by atoms with Gasteiger partial charge in [-0.15, -0.1) is 11.8 Å². The Labute approximate surface area is 875 Å². The highest BCUT2D eigenvalue weighted by Gasteiger charge is 2.47. The number of aldehydes is 1. The minimum Gasteiger partial charge on any atom is -0.492 e. The van der Waals surface area contributed by atoms with Crippen molar-refractivity contribution >= 4 is 143 Å². The van der Waals surface area contributed by atoms with Crippen molar-refractivity contribution in [3.63, 3.8) is 0 Å². The zero-order valence-electron chi connectivity index (χ0n) is 87.4. The van der Waals surface area contributed by atoms with E-state index in [9.17, 15) is 96.7 Å². The SMILES string of the molecule is Cc1c(C)c(S(=O)(=O)NC(=N)NCCCC(NC(=O)CNC(=O)C(CSCC(=O)NCc2ccc3c(c2)C(C)(C)/C(=C/C=C/C=C/C2=[N+](CCS(=O)(=O)O)c4ccc(S(=O)(=O)O)cc4C2(C)C)N3C)NC(=O)CNC(=O)OCC2c3ccccc3-c3ccccc32)C(=O)NC(C(=O)NCC(=O)NC(CC(C)C)C(=O)N2CCCC2C(=O)NCC(=O)NC(C=O)CCCCNC(=O)OC(C)(C)C)C(C)C)c(C)c2c1CC(C)(C)CO2. The van der Waals surface area contributed by atoms with E-state index in [1.807, 2.05) is 139 Å². The van der Waals surface area contributed by atoms with E-state index >= 15 is 0 Å². The third-order valence-corrected chi connectivity index (χ3v) is 30.7. The summed E-state index contributed by atoms with van der Waals surface area (Å²) in [6.07, 6.45) is 10.2. The fraction of sp³-hybridized carbons (Fsp3) is 0.510. The molecule has 6 unspecified atom stereocenters. The van der Waals surface area contributed by atoms with Crippen LogP contribution in [0.25, 0.3) is 11.1 Å².